The standard InChI is InChI=1S/C17H25FO7S/c1-12-4-6-14(7-5-12)26(19,20)25-15-8-13(9-23-10-21-2)17(16(15)18)24-11-22-3/h4-7,13,15-17H,8-11H2,1-3H3/t13-,15+,16-,17-/m0/s1. The van der Waals surface area contributed by atoms with Crippen LogP contribution in [0, 0.1) is 12.8 Å². The van der Waals surface area contributed by atoms with Crippen LogP contribution < -0.4 is 0 Å². The quantitative estimate of drug-likeness (QED) is 0.342. The van der Waals surface area contributed by atoms with Gasteiger partial charge in [-0.05, 0) is 25.5 Å². The SMILES string of the molecule is COCOC[C@@H]1C[C@@H](OS(=O)(=O)c2ccc(C)cc2)[C@H](F)[C@H]1OCOC. The second-order valence-electron chi connectivity index (χ2n) is 6.16. The molecule has 26 heavy (non-hydrogen) atoms. The molecule has 0 saturated heterocycles. The van der Waals surface area contributed by atoms with E-state index in [1.807, 2.05) is 6.92 Å². The summed E-state index contributed by atoms with van der Waals surface area (Å²) in [5.74, 6) is -0.381. The van der Waals surface area contributed by atoms with Gasteiger partial charge < -0.3 is 18.9 Å². The van der Waals surface area contributed by atoms with Gasteiger partial charge in [0.25, 0.3) is 10.1 Å². The lowest BCUT2D eigenvalue weighted by molar-refractivity contribution is -0.123. The topological polar surface area (TPSA) is 80.3 Å². The van der Waals surface area contributed by atoms with Gasteiger partial charge in [-0.3, -0.25) is 4.18 Å². The van der Waals surface area contributed by atoms with Gasteiger partial charge in [0.1, 0.15) is 19.7 Å². The molecule has 0 amide bonds. The zero-order valence-electron chi connectivity index (χ0n) is 15.1. The van der Waals surface area contributed by atoms with E-state index in [2.05, 4.69) is 0 Å². The number of methoxy groups -OCH3 is 2. The Morgan fingerprint density at radius 3 is 2.38 bits per heavy atom. The van der Waals surface area contributed by atoms with Gasteiger partial charge in [0, 0.05) is 20.1 Å². The van der Waals surface area contributed by atoms with Crippen LogP contribution >= 0.6 is 0 Å². The second kappa shape index (κ2) is 9.72. The van der Waals surface area contributed by atoms with Crippen LogP contribution in [0.4, 0.5) is 4.39 Å². The van der Waals surface area contributed by atoms with Crippen LogP contribution in [0.2, 0.25) is 0 Å². The maximum atomic E-state index is 14.8. The molecule has 0 aromatic heterocycles. The van der Waals surface area contributed by atoms with E-state index < -0.39 is 28.5 Å². The van der Waals surface area contributed by atoms with E-state index >= 15 is 0 Å². The van der Waals surface area contributed by atoms with Crippen molar-refractivity contribution in [1.82, 2.24) is 0 Å². The van der Waals surface area contributed by atoms with Crippen molar-refractivity contribution in [1.29, 1.82) is 0 Å². The molecule has 0 heterocycles. The minimum absolute atomic E-state index is 0.0104. The highest BCUT2D eigenvalue weighted by atomic mass is 32.2. The number of aryl methyl sites for hydroxylation is 1. The highest BCUT2D eigenvalue weighted by Gasteiger charge is 2.47. The third-order valence-corrected chi connectivity index (χ3v) is 5.49. The number of hydrogen-bond acceptors (Lipinski definition) is 7. The molecule has 0 spiro atoms. The van der Waals surface area contributed by atoms with E-state index in [4.69, 9.17) is 23.1 Å². The van der Waals surface area contributed by atoms with E-state index in [9.17, 15) is 12.8 Å². The lowest BCUT2D eigenvalue weighted by Crippen LogP contribution is -2.33. The van der Waals surface area contributed by atoms with Gasteiger partial charge in [-0.25, -0.2) is 4.39 Å². The number of ether oxygens (including phenoxy) is 4. The Hall–Kier alpha value is -1.10. The van der Waals surface area contributed by atoms with E-state index in [0.717, 1.165) is 5.56 Å². The fourth-order valence-electron chi connectivity index (χ4n) is 2.87. The first-order valence-electron chi connectivity index (χ1n) is 8.20. The number of benzene rings is 1. The van der Waals surface area contributed by atoms with Crippen molar-refractivity contribution in [3.05, 3.63) is 29.8 Å². The lowest BCUT2D eigenvalue weighted by Gasteiger charge is -2.21. The Balaban J connectivity index is 2.08. The summed E-state index contributed by atoms with van der Waals surface area (Å²) in [4.78, 5) is -0.0104. The van der Waals surface area contributed by atoms with Crippen LogP contribution in [-0.2, 0) is 33.2 Å². The molecule has 7 nitrogen and oxygen atoms in total. The van der Waals surface area contributed by atoms with Crippen LogP contribution in [0.25, 0.3) is 0 Å². The smallest absolute Gasteiger partial charge is 0.297 e. The summed E-state index contributed by atoms with van der Waals surface area (Å²) in [7, 11) is -1.18. The highest BCUT2D eigenvalue weighted by Crippen LogP contribution is 2.35. The molecular formula is C17H25FO7S. The number of hydrogen-bond donors (Lipinski definition) is 0. The predicted octanol–water partition coefficient (Wildman–Crippen LogP) is 2.04. The maximum absolute atomic E-state index is 14.8. The molecule has 0 radical (unpaired) electrons. The molecule has 1 aliphatic carbocycles. The molecule has 1 aromatic rings. The van der Waals surface area contributed by atoms with E-state index in [0.29, 0.717) is 0 Å². The number of rotatable bonds is 10. The van der Waals surface area contributed by atoms with E-state index in [-0.39, 0.29) is 37.4 Å². The monoisotopic (exact) mass is 392 g/mol. The molecule has 0 bridgehead atoms. The van der Waals surface area contributed by atoms with Crippen molar-refractivity contribution in [2.45, 2.75) is 36.6 Å². The first kappa shape index (κ1) is 21.2. The second-order valence-corrected chi connectivity index (χ2v) is 7.73. The van der Waals surface area contributed by atoms with Crippen LogP contribution in [0.3, 0.4) is 0 Å². The molecule has 0 N–H and O–H groups in total. The molecule has 2 rings (SSSR count). The zero-order chi connectivity index (χ0) is 19.2. The van der Waals surface area contributed by atoms with Crippen molar-refractivity contribution in [3.63, 3.8) is 0 Å². The molecule has 1 aromatic carbocycles. The Bertz CT molecular complexity index is 650. The summed E-state index contributed by atoms with van der Waals surface area (Å²) in [5.41, 5.74) is 0.913. The van der Waals surface area contributed by atoms with Crippen molar-refractivity contribution in [2.75, 3.05) is 34.4 Å². The Morgan fingerprint density at radius 2 is 1.77 bits per heavy atom. The number of halogens is 1. The Morgan fingerprint density at radius 1 is 1.12 bits per heavy atom. The summed E-state index contributed by atoms with van der Waals surface area (Å²) in [6.07, 6.45) is -3.52. The van der Waals surface area contributed by atoms with Gasteiger partial charge in [-0.2, -0.15) is 8.42 Å². The highest BCUT2D eigenvalue weighted by molar-refractivity contribution is 7.86. The normalized spacial score (nSPS) is 26.3. The van der Waals surface area contributed by atoms with Crippen LogP contribution in [0.1, 0.15) is 12.0 Å². The summed E-state index contributed by atoms with van der Waals surface area (Å²) in [6, 6.07) is 6.18. The summed E-state index contributed by atoms with van der Waals surface area (Å²) < 4.78 is 65.1. The van der Waals surface area contributed by atoms with Crippen molar-refractivity contribution >= 4 is 10.1 Å². The third-order valence-electron chi connectivity index (χ3n) is 4.14. The predicted molar refractivity (Wildman–Crippen MR) is 90.8 cm³/mol. The summed E-state index contributed by atoms with van der Waals surface area (Å²) in [6.45, 7) is 1.95. The van der Waals surface area contributed by atoms with Gasteiger partial charge in [-0.15, -0.1) is 0 Å². The first-order valence-corrected chi connectivity index (χ1v) is 9.61. The average molecular weight is 392 g/mol. The van der Waals surface area contributed by atoms with E-state index in [1.165, 1.54) is 26.4 Å². The minimum atomic E-state index is -4.08. The van der Waals surface area contributed by atoms with Crippen molar-refractivity contribution < 1.29 is 35.9 Å². The first-order chi connectivity index (χ1) is 12.4. The molecule has 0 aliphatic heterocycles. The summed E-state index contributed by atoms with van der Waals surface area (Å²) in [5, 5.41) is 0. The van der Waals surface area contributed by atoms with Gasteiger partial charge in [0.15, 0.2) is 6.17 Å². The lowest BCUT2D eigenvalue weighted by atomic mass is 10.1. The molecule has 1 saturated carbocycles. The molecule has 1 aliphatic rings. The molecular weight excluding hydrogens is 367 g/mol. The third kappa shape index (κ3) is 5.45. The van der Waals surface area contributed by atoms with Gasteiger partial charge >= 0.3 is 0 Å². The average Bonchev–Trinajstić information content (AvgIpc) is 2.88. The van der Waals surface area contributed by atoms with Crippen LogP contribution in [0.15, 0.2) is 29.2 Å². The van der Waals surface area contributed by atoms with E-state index in [1.54, 1.807) is 12.1 Å². The Labute approximate surface area is 153 Å². The van der Waals surface area contributed by atoms with Crippen LogP contribution in [0.5, 0.6) is 0 Å². The van der Waals surface area contributed by atoms with Gasteiger partial charge in [0.2, 0.25) is 0 Å². The van der Waals surface area contributed by atoms with Crippen LogP contribution in [-0.4, -0.2) is 61.2 Å². The molecule has 0 unspecified atom stereocenters. The molecule has 4 atom stereocenters. The molecule has 148 valence electrons. The fourth-order valence-corrected chi connectivity index (χ4v) is 3.96. The van der Waals surface area contributed by atoms with Gasteiger partial charge in [0.05, 0.1) is 17.6 Å². The molecule has 9 heteroatoms. The zero-order valence-corrected chi connectivity index (χ0v) is 15.9. The van der Waals surface area contributed by atoms with Crippen molar-refractivity contribution in [2.24, 2.45) is 5.92 Å². The molecule has 1 fully saturated rings. The number of alkyl halides is 1. The fraction of sp³-hybridized carbons (Fsp3) is 0.647. The van der Waals surface area contributed by atoms with Gasteiger partial charge in [-0.1, -0.05) is 17.7 Å². The Kier molecular flexibility index (Phi) is 7.93. The largest absolute Gasteiger partial charge is 0.359 e. The minimum Gasteiger partial charge on any atom is -0.359 e. The summed E-state index contributed by atoms with van der Waals surface area (Å²) >= 11 is 0. The van der Waals surface area contributed by atoms with Crippen molar-refractivity contribution in [3.8, 4) is 0 Å². The maximum Gasteiger partial charge on any atom is 0.297 e.